The van der Waals surface area contributed by atoms with E-state index in [1.165, 1.54) is 10.5 Å². The maximum absolute atomic E-state index is 13.1. The number of nitrogens with one attached hydrogen (secondary N) is 1. The highest BCUT2D eigenvalue weighted by Crippen LogP contribution is 2.19. The molecule has 1 N–H and O–H groups in total. The summed E-state index contributed by atoms with van der Waals surface area (Å²) in [6.07, 6.45) is 1.72. The summed E-state index contributed by atoms with van der Waals surface area (Å²) in [6, 6.07) is 14.8. The van der Waals surface area contributed by atoms with Gasteiger partial charge in [-0.2, -0.15) is 0 Å². The highest BCUT2D eigenvalue weighted by Gasteiger charge is 2.20. The van der Waals surface area contributed by atoms with Gasteiger partial charge in [0.25, 0.3) is 11.5 Å². The van der Waals surface area contributed by atoms with Crippen molar-refractivity contribution >= 4 is 28.6 Å². The van der Waals surface area contributed by atoms with E-state index in [1.807, 2.05) is 43.3 Å². The number of esters is 1. The van der Waals surface area contributed by atoms with Crippen LogP contribution in [0.5, 0.6) is 0 Å². The summed E-state index contributed by atoms with van der Waals surface area (Å²) in [5.74, 6) is -1.01. The topological polar surface area (TPSA) is 94.7 Å². The molecule has 3 aromatic heterocycles. The van der Waals surface area contributed by atoms with Crippen molar-refractivity contribution in [2.75, 3.05) is 13.2 Å². The Labute approximate surface area is 178 Å². The Morgan fingerprint density at radius 1 is 1.13 bits per heavy atom. The number of fused-ring (bicyclic) bond motifs is 2. The lowest BCUT2D eigenvalue weighted by Gasteiger charge is -2.11. The van der Waals surface area contributed by atoms with Gasteiger partial charge in [-0.15, -0.1) is 0 Å². The van der Waals surface area contributed by atoms with Gasteiger partial charge in [0.15, 0.2) is 0 Å². The Morgan fingerprint density at radius 2 is 1.90 bits per heavy atom. The van der Waals surface area contributed by atoms with Crippen LogP contribution in [-0.2, 0) is 16.1 Å². The van der Waals surface area contributed by atoms with Crippen LogP contribution in [0.2, 0.25) is 0 Å². The standard InChI is InChI=1S/C23H22N4O4/c1-3-31-20(28)12-24-22(29)18-11-17-21(26(18)14-16-7-5-4-6-8-16)25-19-10-9-15(2)13-27(19)23(17)30/h4-11,13H,3,12,14H2,1-2H3,(H,24,29). The van der Waals surface area contributed by atoms with Gasteiger partial charge in [-0.25, -0.2) is 4.98 Å². The quantitative estimate of drug-likeness (QED) is 0.485. The van der Waals surface area contributed by atoms with Crippen molar-refractivity contribution in [3.63, 3.8) is 0 Å². The van der Waals surface area contributed by atoms with Crippen molar-refractivity contribution in [1.29, 1.82) is 0 Å². The number of nitrogens with zero attached hydrogens (tertiary/aromatic N) is 3. The van der Waals surface area contributed by atoms with Crippen molar-refractivity contribution in [3.8, 4) is 0 Å². The molecule has 0 aliphatic heterocycles. The monoisotopic (exact) mass is 418 g/mol. The van der Waals surface area contributed by atoms with Gasteiger partial charge < -0.3 is 14.6 Å². The van der Waals surface area contributed by atoms with E-state index >= 15 is 0 Å². The van der Waals surface area contributed by atoms with Gasteiger partial charge in [0.1, 0.15) is 23.5 Å². The van der Waals surface area contributed by atoms with Crippen LogP contribution in [0.15, 0.2) is 59.5 Å². The lowest BCUT2D eigenvalue weighted by Crippen LogP contribution is -2.32. The molecule has 4 rings (SSSR count). The molecule has 0 bridgehead atoms. The minimum Gasteiger partial charge on any atom is -0.465 e. The molecule has 8 nitrogen and oxygen atoms in total. The average Bonchev–Trinajstić information content (AvgIpc) is 3.12. The van der Waals surface area contributed by atoms with Crippen LogP contribution < -0.4 is 10.9 Å². The zero-order valence-electron chi connectivity index (χ0n) is 17.3. The summed E-state index contributed by atoms with van der Waals surface area (Å²) < 4.78 is 8.05. The zero-order chi connectivity index (χ0) is 22.0. The Kier molecular flexibility index (Phi) is 5.53. The second-order valence-electron chi connectivity index (χ2n) is 7.18. The second kappa shape index (κ2) is 8.43. The number of aryl methyl sites for hydroxylation is 1. The number of amides is 1. The minimum atomic E-state index is -0.527. The van der Waals surface area contributed by atoms with Crippen molar-refractivity contribution < 1.29 is 14.3 Å². The van der Waals surface area contributed by atoms with Crippen LogP contribution in [-0.4, -0.2) is 39.0 Å². The molecule has 0 aliphatic rings. The summed E-state index contributed by atoms with van der Waals surface area (Å²) in [4.78, 5) is 42.4. The lowest BCUT2D eigenvalue weighted by molar-refractivity contribution is -0.141. The minimum absolute atomic E-state index is 0.232. The molecule has 1 aromatic carbocycles. The Balaban J connectivity index is 1.85. The molecular weight excluding hydrogens is 396 g/mol. The molecular formula is C23H22N4O4. The van der Waals surface area contributed by atoms with Gasteiger partial charge in [0, 0.05) is 12.7 Å². The van der Waals surface area contributed by atoms with E-state index in [1.54, 1.807) is 23.8 Å². The number of ether oxygens (including phenoxy) is 1. The second-order valence-corrected chi connectivity index (χ2v) is 7.18. The maximum atomic E-state index is 13.1. The lowest BCUT2D eigenvalue weighted by atomic mass is 10.2. The highest BCUT2D eigenvalue weighted by atomic mass is 16.5. The van der Waals surface area contributed by atoms with Crippen molar-refractivity contribution in [2.24, 2.45) is 0 Å². The summed E-state index contributed by atoms with van der Waals surface area (Å²) in [5.41, 5.74) is 2.78. The molecule has 0 radical (unpaired) electrons. The van der Waals surface area contributed by atoms with Gasteiger partial charge in [-0.05, 0) is 37.1 Å². The predicted molar refractivity (Wildman–Crippen MR) is 116 cm³/mol. The number of benzene rings is 1. The van der Waals surface area contributed by atoms with Crippen molar-refractivity contribution in [3.05, 3.63) is 81.9 Å². The largest absolute Gasteiger partial charge is 0.465 e. The first-order chi connectivity index (χ1) is 15.0. The first-order valence-electron chi connectivity index (χ1n) is 9.98. The molecule has 158 valence electrons. The number of pyridine rings is 1. The predicted octanol–water partition coefficient (Wildman–Crippen LogP) is 2.30. The maximum Gasteiger partial charge on any atom is 0.325 e. The molecule has 3 heterocycles. The molecule has 0 saturated heterocycles. The van der Waals surface area contributed by atoms with E-state index in [-0.39, 0.29) is 24.4 Å². The molecule has 0 saturated carbocycles. The van der Waals surface area contributed by atoms with Crippen molar-refractivity contribution in [2.45, 2.75) is 20.4 Å². The zero-order valence-corrected chi connectivity index (χ0v) is 17.3. The molecule has 0 unspecified atom stereocenters. The van der Waals surface area contributed by atoms with Gasteiger partial charge in [0.2, 0.25) is 0 Å². The molecule has 1 amide bonds. The van der Waals surface area contributed by atoms with Gasteiger partial charge in [0.05, 0.1) is 12.0 Å². The third-order valence-electron chi connectivity index (χ3n) is 4.93. The molecule has 0 spiro atoms. The Hall–Kier alpha value is -3.94. The normalized spacial score (nSPS) is 11.0. The fourth-order valence-corrected chi connectivity index (χ4v) is 3.48. The molecule has 31 heavy (non-hydrogen) atoms. The first kappa shape index (κ1) is 20.3. The molecule has 0 aliphatic carbocycles. The van der Waals surface area contributed by atoms with E-state index in [0.29, 0.717) is 23.2 Å². The first-order valence-corrected chi connectivity index (χ1v) is 9.98. The summed E-state index contributed by atoms with van der Waals surface area (Å²) >= 11 is 0. The van der Waals surface area contributed by atoms with Gasteiger partial charge in [-0.3, -0.25) is 18.8 Å². The highest BCUT2D eigenvalue weighted by molar-refractivity contribution is 5.99. The van der Waals surface area contributed by atoms with Crippen LogP contribution in [0, 0.1) is 6.92 Å². The van der Waals surface area contributed by atoms with Crippen LogP contribution in [0.25, 0.3) is 16.7 Å². The van der Waals surface area contributed by atoms with E-state index in [2.05, 4.69) is 10.3 Å². The Bertz CT molecular complexity index is 1340. The van der Waals surface area contributed by atoms with Crippen LogP contribution in [0.4, 0.5) is 0 Å². The number of rotatable bonds is 6. The van der Waals surface area contributed by atoms with E-state index in [0.717, 1.165) is 11.1 Å². The number of carbonyl (C=O) groups is 2. The average molecular weight is 418 g/mol. The smallest absolute Gasteiger partial charge is 0.325 e. The third-order valence-corrected chi connectivity index (χ3v) is 4.93. The number of hydrogen-bond donors (Lipinski definition) is 1. The number of carbonyl (C=O) groups excluding carboxylic acids is 2. The Morgan fingerprint density at radius 3 is 2.65 bits per heavy atom. The van der Waals surface area contributed by atoms with E-state index in [4.69, 9.17) is 4.74 Å². The van der Waals surface area contributed by atoms with E-state index in [9.17, 15) is 14.4 Å². The number of aromatic nitrogens is 3. The molecule has 0 fully saturated rings. The van der Waals surface area contributed by atoms with E-state index < -0.39 is 11.9 Å². The molecule has 0 atom stereocenters. The third kappa shape index (κ3) is 4.05. The van der Waals surface area contributed by atoms with Crippen LogP contribution in [0.1, 0.15) is 28.5 Å². The fraction of sp³-hybridized carbons (Fsp3) is 0.217. The molecule has 4 aromatic rings. The van der Waals surface area contributed by atoms with Crippen LogP contribution >= 0.6 is 0 Å². The summed E-state index contributed by atoms with van der Waals surface area (Å²) in [7, 11) is 0. The SMILES string of the molecule is CCOC(=O)CNC(=O)c1cc2c(=O)n3cc(C)ccc3nc2n1Cc1ccccc1. The summed E-state index contributed by atoms with van der Waals surface area (Å²) in [5, 5.41) is 2.90. The van der Waals surface area contributed by atoms with Crippen LogP contribution in [0.3, 0.4) is 0 Å². The van der Waals surface area contributed by atoms with Gasteiger partial charge in [-0.1, -0.05) is 36.4 Å². The van der Waals surface area contributed by atoms with Gasteiger partial charge >= 0.3 is 5.97 Å². The number of hydrogen-bond acceptors (Lipinski definition) is 5. The summed E-state index contributed by atoms with van der Waals surface area (Å²) in [6.45, 7) is 3.91. The molecule has 8 heteroatoms. The van der Waals surface area contributed by atoms with Crippen molar-refractivity contribution in [1.82, 2.24) is 19.3 Å². The fourth-order valence-electron chi connectivity index (χ4n) is 3.48.